The molecule has 0 radical (unpaired) electrons. The van der Waals surface area contributed by atoms with Gasteiger partial charge in [-0.1, -0.05) is 32.0 Å². The van der Waals surface area contributed by atoms with Gasteiger partial charge in [0.2, 0.25) is 0 Å². The summed E-state index contributed by atoms with van der Waals surface area (Å²) in [5.74, 6) is 0.812. The molecule has 3 nitrogen and oxygen atoms in total. The maximum atomic E-state index is 5.54. The Morgan fingerprint density at radius 1 is 1.11 bits per heavy atom. The molecule has 0 spiro atoms. The first-order valence-corrected chi connectivity index (χ1v) is 6.75. The van der Waals surface area contributed by atoms with Crippen molar-refractivity contribution >= 4 is 17.2 Å². The zero-order valence-corrected chi connectivity index (χ0v) is 11.7. The maximum Gasteiger partial charge on any atom is 0.119 e. The van der Waals surface area contributed by atoms with E-state index in [0.29, 0.717) is 18.2 Å². The summed E-state index contributed by atoms with van der Waals surface area (Å²) in [7, 11) is 0. The molecular formula is C14H21NO2S. The van der Waals surface area contributed by atoms with Crippen molar-refractivity contribution in [3.05, 3.63) is 29.8 Å². The first-order valence-electron chi connectivity index (χ1n) is 6.34. The van der Waals surface area contributed by atoms with Gasteiger partial charge in [0.15, 0.2) is 0 Å². The smallest absolute Gasteiger partial charge is 0.119 e. The fourth-order valence-corrected chi connectivity index (χ4v) is 1.63. The topological polar surface area (TPSA) is 44.5 Å². The van der Waals surface area contributed by atoms with Crippen LogP contribution in [0.3, 0.4) is 0 Å². The Kier molecular flexibility index (Phi) is 7.37. The van der Waals surface area contributed by atoms with Gasteiger partial charge >= 0.3 is 0 Å². The molecule has 0 bridgehead atoms. The third-order valence-corrected chi connectivity index (χ3v) is 2.76. The summed E-state index contributed by atoms with van der Waals surface area (Å²) in [4.78, 5) is 0.404. The lowest BCUT2D eigenvalue weighted by atomic mass is 10.2. The number of ether oxygens (including phenoxy) is 2. The Balaban J connectivity index is 2.14. The number of thiocarbonyl (C=S) groups is 1. The molecule has 4 heteroatoms. The van der Waals surface area contributed by atoms with Crippen LogP contribution in [0.15, 0.2) is 24.3 Å². The van der Waals surface area contributed by atoms with Crippen LogP contribution in [0.5, 0.6) is 5.75 Å². The SMILES string of the molecule is CCCCCOCCOc1ccc(C(N)=S)cc1. The van der Waals surface area contributed by atoms with Crippen LogP contribution in [0.2, 0.25) is 0 Å². The molecule has 100 valence electrons. The first kappa shape index (κ1) is 14.9. The van der Waals surface area contributed by atoms with Gasteiger partial charge in [0.25, 0.3) is 0 Å². The van der Waals surface area contributed by atoms with Crippen LogP contribution in [0.1, 0.15) is 31.7 Å². The summed E-state index contributed by atoms with van der Waals surface area (Å²) >= 11 is 4.88. The van der Waals surface area contributed by atoms with Crippen LogP contribution in [-0.2, 0) is 4.74 Å². The molecule has 0 unspecified atom stereocenters. The summed E-state index contributed by atoms with van der Waals surface area (Å²) in [5.41, 5.74) is 6.37. The Hall–Kier alpha value is -1.13. The average Bonchev–Trinajstić information content (AvgIpc) is 2.38. The fraction of sp³-hybridized carbons (Fsp3) is 0.500. The molecule has 0 aromatic heterocycles. The molecule has 0 heterocycles. The van der Waals surface area contributed by atoms with Gasteiger partial charge in [-0.25, -0.2) is 0 Å². The molecule has 18 heavy (non-hydrogen) atoms. The highest BCUT2D eigenvalue weighted by molar-refractivity contribution is 7.80. The quantitative estimate of drug-likeness (QED) is 0.552. The minimum atomic E-state index is 0.404. The van der Waals surface area contributed by atoms with Gasteiger partial charge in [0.05, 0.1) is 6.61 Å². The van der Waals surface area contributed by atoms with E-state index in [2.05, 4.69) is 6.92 Å². The molecule has 0 saturated carbocycles. The van der Waals surface area contributed by atoms with Gasteiger partial charge in [0, 0.05) is 12.2 Å². The Labute approximate surface area is 114 Å². The lowest BCUT2D eigenvalue weighted by Gasteiger charge is -2.07. The third-order valence-electron chi connectivity index (χ3n) is 2.53. The van der Waals surface area contributed by atoms with E-state index < -0.39 is 0 Å². The molecular weight excluding hydrogens is 246 g/mol. The molecule has 0 atom stereocenters. The van der Waals surface area contributed by atoms with Crippen molar-refractivity contribution in [1.82, 2.24) is 0 Å². The summed E-state index contributed by atoms with van der Waals surface area (Å²) in [6.07, 6.45) is 3.57. The predicted octanol–water partition coefficient (Wildman–Crippen LogP) is 2.91. The van der Waals surface area contributed by atoms with E-state index >= 15 is 0 Å². The fourth-order valence-electron chi connectivity index (χ4n) is 1.49. The molecule has 0 amide bonds. The predicted molar refractivity (Wildman–Crippen MR) is 78.2 cm³/mol. The normalized spacial score (nSPS) is 10.3. The van der Waals surface area contributed by atoms with Gasteiger partial charge in [-0.15, -0.1) is 0 Å². The average molecular weight is 267 g/mol. The summed E-state index contributed by atoms with van der Waals surface area (Å²) in [5, 5.41) is 0. The van der Waals surface area contributed by atoms with Crippen molar-refractivity contribution in [3.8, 4) is 5.75 Å². The summed E-state index contributed by atoms with van der Waals surface area (Å²) in [6, 6.07) is 7.46. The highest BCUT2D eigenvalue weighted by atomic mass is 32.1. The molecule has 0 fully saturated rings. The van der Waals surface area contributed by atoms with E-state index in [-0.39, 0.29) is 0 Å². The van der Waals surface area contributed by atoms with Gasteiger partial charge < -0.3 is 15.2 Å². The lowest BCUT2D eigenvalue weighted by molar-refractivity contribution is 0.0973. The van der Waals surface area contributed by atoms with Crippen LogP contribution < -0.4 is 10.5 Å². The van der Waals surface area contributed by atoms with Gasteiger partial charge in [0.1, 0.15) is 17.3 Å². The van der Waals surface area contributed by atoms with E-state index in [4.69, 9.17) is 27.4 Å². The molecule has 0 saturated heterocycles. The standard InChI is InChI=1S/C14H21NO2S/c1-2-3-4-9-16-10-11-17-13-7-5-12(6-8-13)14(15)18/h5-8H,2-4,9-11H2,1H3,(H2,15,18). The monoisotopic (exact) mass is 267 g/mol. The van der Waals surface area contributed by atoms with Crippen LogP contribution in [0.4, 0.5) is 0 Å². The third kappa shape index (κ3) is 5.98. The molecule has 0 aliphatic carbocycles. The van der Waals surface area contributed by atoms with E-state index in [1.165, 1.54) is 12.8 Å². The Bertz CT molecular complexity index is 351. The van der Waals surface area contributed by atoms with Gasteiger partial charge in [-0.3, -0.25) is 0 Å². The number of unbranched alkanes of at least 4 members (excludes halogenated alkanes) is 2. The van der Waals surface area contributed by atoms with Crippen LogP contribution in [0.25, 0.3) is 0 Å². The minimum absolute atomic E-state index is 0.404. The van der Waals surface area contributed by atoms with Crippen LogP contribution in [-0.4, -0.2) is 24.8 Å². The molecule has 2 N–H and O–H groups in total. The van der Waals surface area contributed by atoms with Crippen molar-refractivity contribution < 1.29 is 9.47 Å². The Morgan fingerprint density at radius 2 is 1.83 bits per heavy atom. The highest BCUT2D eigenvalue weighted by Crippen LogP contribution is 2.11. The van der Waals surface area contributed by atoms with E-state index in [9.17, 15) is 0 Å². The maximum absolute atomic E-state index is 5.54. The molecule has 1 aromatic rings. The lowest BCUT2D eigenvalue weighted by Crippen LogP contribution is -2.10. The molecule has 0 aliphatic heterocycles. The molecule has 1 rings (SSSR count). The van der Waals surface area contributed by atoms with Crippen molar-refractivity contribution in [2.75, 3.05) is 19.8 Å². The number of hydrogen-bond donors (Lipinski definition) is 1. The number of nitrogens with two attached hydrogens (primary N) is 1. The van der Waals surface area contributed by atoms with Gasteiger partial charge in [-0.2, -0.15) is 0 Å². The first-order chi connectivity index (χ1) is 8.74. The number of rotatable bonds is 9. The van der Waals surface area contributed by atoms with E-state index in [1.807, 2.05) is 24.3 Å². The molecule has 1 aromatic carbocycles. The second-order valence-corrected chi connectivity index (χ2v) is 4.50. The van der Waals surface area contributed by atoms with Crippen LogP contribution in [0, 0.1) is 0 Å². The molecule has 0 aliphatic rings. The second kappa shape index (κ2) is 8.89. The second-order valence-electron chi connectivity index (χ2n) is 4.06. The zero-order valence-electron chi connectivity index (χ0n) is 10.9. The largest absolute Gasteiger partial charge is 0.491 e. The van der Waals surface area contributed by atoms with Crippen molar-refractivity contribution in [3.63, 3.8) is 0 Å². The summed E-state index contributed by atoms with van der Waals surface area (Å²) < 4.78 is 11.0. The van der Waals surface area contributed by atoms with E-state index in [1.54, 1.807) is 0 Å². The van der Waals surface area contributed by atoms with E-state index in [0.717, 1.165) is 24.3 Å². The van der Waals surface area contributed by atoms with Crippen molar-refractivity contribution in [1.29, 1.82) is 0 Å². The summed E-state index contributed by atoms with van der Waals surface area (Å²) in [6.45, 7) is 4.19. The highest BCUT2D eigenvalue weighted by Gasteiger charge is 1.97. The Morgan fingerprint density at radius 3 is 2.44 bits per heavy atom. The van der Waals surface area contributed by atoms with Crippen LogP contribution >= 0.6 is 12.2 Å². The van der Waals surface area contributed by atoms with Crippen molar-refractivity contribution in [2.45, 2.75) is 26.2 Å². The number of benzene rings is 1. The van der Waals surface area contributed by atoms with Gasteiger partial charge in [-0.05, 0) is 30.7 Å². The zero-order chi connectivity index (χ0) is 13.2. The van der Waals surface area contributed by atoms with Crippen molar-refractivity contribution in [2.24, 2.45) is 5.73 Å². The number of hydrogen-bond acceptors (Lipinski definition) is 3. The minimum Gasteiger partial charge on any atom is -0.491 e.